The molecule has 0 spiro atoms. The van der Waals surface area contributed by atoms with Crippen LogP contribution in [0, 0.1) is 19.9 Å². The molecule has 1 radical (unpaired) electrons. The van der Waals surface area contributed by atoms with Crippen molar-refractivity contribution in [1.29, 1.82) is 0 Å². The molecule has 2 aromatic carbocycles. The molecule has 0 aromatic heterocycles. The fourth-order valence-electron chi connectivity index (χ4n) is 1.30. The summed E-state index contributed by atoms with van der Waals surface area (Å²) in [6.07, 6.45) is 9.83. The second-order valence-electron chi connectivity index (χ2n) is 5.07. The van der Waals surface area contributed by atoms with E-state index in [1.54, 1.807) is 13.8 Å². The molecular formula is C22H27OTi. The number of rotatable bonds is 0. The van der Waals surface area contributed by atoms with Gasteiger partial charge in [0.05, 0.1) is 0 Å². The molecule has 0 fully saturated rings. The third kappa shape index (κ3) is 20.3. The van der Waals surface area contributed by atoms with Crippen molar-refractivity contribution in [1.82, 2.24) is 0 Å². The Morgan fingerprint density at radius 1 is 0.875 bits per heavy atom. The zero-order chi connectivity index (χ0) is 17.3. The van der Waals surface area contributed by atoms with Gasteiger partial charge in [-0.05, 0) is 13.8 Å². The Kier molecular flexibility index (Phi) is 18.1. The second kappa shape index (κ2) is 17.7. The maximum atomic E-state index is 8.06. The zero-order valence-corrected chi connectivity index (χ0v) is 16.2. The fourth-order valence-corrected chi connectivity index (χ4v) is 1.30. The molecule has 0 unspecified atom stereocenters. The molecule has 0 amide bonds. The number of hydrogen-bond donors (Lipinski definition) is 1. The van der Waals surface area contributed by atoms with Crippen molar-refractivity contribution in [3.8, 4) is 0 Å². The number of aliphatic hydroxyl groups excluding tert-OH is 1. The quantitative estimate of drug-likeness (QED) is 0.494. The zero-order valence-electron chi connectivity index (χ0n) is 14.7. The molecule has 2 aromatic rings. The van der Waals surface area contributed by atoms with Crippen molar-refractivity contribution in [2.24, 2.45) is 0 Å². The average molecular weight is 355 g/mol. The third-order valence-electron chi connectivity index (χ3n) is 2.27. The largest absolute Gasteiger partial charge is 3.00 e. The number of benzene rings is 2. The summed E-state index contributed by atoms with van der Waals surface area (Å²) in [4.78, 5) is 0. The van der Waals surface area contributed by atoms with Gasteiger partial charge in [-0.3, -0.25) is 6.08 Å². The molecule has 3 rings (SSSR count). The summed E-state index contributed by atoms with van der Waals surface area (Å²) in [5.41, 5.74) is 2.14. The minimum atomic E-state index is -0.167. The molecule has 1 aliphatic rings. The first kappa shape index (κ1) is 24.6. The van der Waals surface area contributed by atoms with Crippen molar-refractivity contribution in [3.05, 3.63) is 110 Å². The van der Waals surface area contributed by atoms with Crippen LogP contribution in [0.4, 0.5) is 0 Å². The van der Waals surface area contributed by atoms with Crippen LogP contribution in [0.25, 0.3) is 0 Å². The molecule has 1 nitrogen and oxygen atoms in total. The molecule has 0 saturated carbocycles. The molecule has 0 aliphatic heterocycles. The first-order chi connectivity index (χ1) is 11.0. The normalized spacial score (nSPS) is 10.2. The number of aliphatic hydroxyl groups is 1. The Bertz CT molecular complexity index is 480. The van der Waals surface area contributed by atoms with Crippen molar-refractivity contribution < 1.29 is 26.8 Å². The van der Waals surface area contributed by atoms with Crippen molar-refractivity contribution in [2.75, 3.05) is 0 Å². The summed E-state index contributed by atoms with van der Waals surface area (Å²) >= 11 is 0. The minimum Gasteiger partial charge on any atom is -0.394 e. The summed E-state index contributed by atoms with van der Waals surface area (Å²) in [6.45, 7) is 10.9. The third-order valence-corrected chi connectivity index (χ3v) is 2.27. The standard InChI is InChI=1S/2C7H7.C5H5.C3H8O.Ti/c2*1-7-5-3-2-4-6-7;1-2-4-5-3-1;1-3(2)4;/h2*2-6H,1H2;1-3H,4H2;3-4H,1-2H3;/q3*-1;;+3. The molecule has 0 saturated heterocycles. The molecule has 1 N–H and O–H groups in total. The summed E-state index contributed by atoms with van der Waals surface area (Å²) in [5.74, 6) is 0. The van der Waals surface area contributed by atoms with Crippen molar-refractivity contribution in [3.63, 3.8) is 0 Å². The Hall–Kier alpha value is -1.67. The molecule has 1 aliphatic carbocycles. The SMILES string of the molecule is CC(C)O.[C-]1=CC=CC1.[CH2-]c1ccccc1.[CH2-]c1ccccc1.[Ti+3]. The van der Waals surface area contributed by atoms with E-state index in [2.05, 4.69) is 26.0 Å². The first-order valence-electron chi connectivity index (χ1n) is 7.66. The van der Waals surface area contributed by atoms with Gasteiger partial charge in [-0.1, -0.05) is 12.1 Å². The van der Waals surface area contributed by atoms with Gasteiger partial charge in [0.15, 0.2) is 0 Å². The van der Waals surface area contributed by atoms with E-state index < -0.39 is 0 Å². The van der Waals surface area contributed by atoms with Gasteiger partial charge in [-0.25, -0.2) is 12.2 Å². The maximum Gasteiger partial charge on any atom is 3.00 e. The van der Waals surface area contributed by atoms with Crippen LogP contribution in [-0.2, 0) is 21.7 Å². The van der Waals surface area contributed by atoms with Crippen molar-refractivity contribution in [2.45, 2.75) is 26.4 Å². The van der Waals surface area contributed by atoms with Gasteiger partial charge in [-0.15, -0.1) is 30.7 Å². The molecule has 0 bridgehead atoms. The monoisotopic (exact) mass is 355 g/mol. The first-order valence-corrected chi connectivity index (χ1v) is 7.66. The molecule has 0 heterocycles. The van der Waals surface area contributed by atoms with E-state index in [-0.39, 0.29) is 27.8 Å². The Morgan fingerprint density at radius 2 is 1.25 bits per heavy atom. The van der Waals surface area contributed by atoms with Gasteiger partial charge in [0, 0.05) is 6.10 Å². The van der Waals surface area contributed by atoms with Gasteiger partial charge in [0.2, 0.25) is 0 Å². The molecule has 125 valence electrons. The van der Waals surface area contributed by atoms with E-state index in [1.807, 2.05) is 72.8 Å². The van der Waals surface area contributed by atoms with Crippen LogP contribution < -0.4 is 0 Å². The predicted octanol–water partition coefficient (Wildman–Crippen LogP) is 5.43. The Labute approximate surface area is 163 Å². The molecule has 0 atom stereocenters. The summed E-state index contributed by atoms with van der Waals surface area (Å²) in [7, 11) is 0. The van der Waals surface area contributed by atoms with Gasteiger partial charge >= 0.3 is 21.7 Å². The Morgan fingerprint density at radius 3 is 1.38 bits per heavy atom. The maximum absolute atomic E-state index is 8.06. The van der Waals surface area contributed by atoms with E-state index >= 15 is 0 Å². The summed E-state index contributed by atoms with van der Waals surface area (Å²) in [6, 6.07) is 19.7. The van der Waals surface area contributed by atoms with Crippen LogP contribution in [0.15, 0.2) is 78.9 Å². The van der Waals surface area contributed by atoms with E-state index in [4.69, 9.17) is 5.11 Å². The van der Waals surface area contributed by atoms with Crippen LogP contribution in [0.3, 0.4) is 0 Å². The van der Waals surface area contributed by atoms with Crippen LogP contribution in [-0.4, -0.2) is 11.2 Å². The summed E-state index contributed by atoms with van der Waals surface area (Å²) in [5, 5.41) is 8.06. The fraction of sp³-hybridized carbons (Fsp3) is 0.182. The van der Waals surface area contributed by atoms with Crippen molar-refractivity contribution >= 4 is 0 Å². The minimum absolute atomic E-state index is 0. The van der Waals surface area contributed by atoms with Gasteiger partial charge in [0.25, 0.3) is 0 Å². The smallest absolute Gasteiger partial charge is 0.394 e. The predicted molar refractivity (Wildman–Crippen MR) is 101 cm³/mol. The van der Waals surface area contributed by atoms with Crippen LogP contribution in [0.1, 0.15) is 31.4 Å². The topological polar surface area (TPSA) is 20.2 Å². The Balaban J connectivity index is 0. The number of allylic oxidation sites excluding steroid dienone is 4. The average Bonchev–Trinajstić information content (AvgIpc) is 3.08. The molecular weight excluding hydrogens is 328 g/mol. The van der Waals surface area contributed by atoms with Crippen LogP contribution in [0.5, 0.6) is 0 Å². The number of hydrogen-bond acceptors (Lipinski definition) is 1. The summed E-state index contributed by atoms with van der Waals surface area (Å²) < 4.78 is 0. The van der Waals surface area contributed by atoms with Gasteiger partial charge in [-0.2, -0.15) is 55.3 Å². The van der Waals surface area contributed by atoms with E-state index in [0.29, 0.717) is 0 Å². The van der Waals surface area contributed by atoms with Crippen LogP contribution in [0.2, 0.25) is 0 Å². The van der Waals surface area contributed by atoms with E-state index in [0.717, 1.165) is 17.5 Å². The van der Waals surface area contributed by atoms with Gasteiger partial charge < -0.3 is 5.11 Å². The molecule has 2 heteroatoms. The van der Waals surface area contributed by atoms with Crippen LogP contribution >= 0.6 is 0 Å². The van der Waals surface area contributed by atoms with E-state index in [1.165, 1.54) is 0 Å². The molecule has 24 heavy (non-hydrogen) atoms. The van der Waals surface area contributed by atoms with E-state index in [9.17, 15) is 0 Å². The second-order valence-corrected chi connectivity index (χ2v) is 5.07. The van der Waals surface area contributed by atoms with Gasteiger partial charge in [0.1, 0.15) is 0 Å².